The highest BCUT2D eigenvalue weighted by Gasteiger charge is 2.38. The van der Waals surface area contributed by atoms with Crippen LogP contribution in [0, 0.1) is 5.41 Å². The highest BCUT2D eigenvalue weighted by atomic mass is 79.9. The van der Waals surface area contributed by atoms with Gasteiger partial charge in [0.2, 0.25) is 0 Å². The Labute approximate surface area is 71.1 Å². The lowest BCUT2D eigenvalue weighted by molar-refractivity contribution is -0.129. The van der Waals surface area contributed by atoms with Crippen molar-refractivity contribution in [1.82, 2.24) is 0 Å². The minimum Gasteiger partial charge on any atom is -0.298 e. The summed E-state index contributed by atoms with van der Waals surface area (Å²) < 4.78 is 36.1. The third-order valence-electron chi connectivity index (χ3n) is 1.48. The van der Waals surface area contributed by atoms with E-state index < -0.39 is 31.2 Å². The topological polar surface area (TPSA) is 17.1 Å². The summed E-state index contributed by atoms with van der Waals surface area (Å²) in [6.07, 6.45) is 0. The number of hydrogen-bond donors (Lipinski definition) is 0. The van der Waals surface area contributed by atoms with Crippen molar-refractivity contribution < 1.29 is 18.0 Å². The summed E-state index contributed by atoms with van der Waals surface area (Å²) in [4.78, 5) is 10.8. The summed E-state index contributed by atoms with van der Waals surface area (Å²) in [5.41, 5.74) is -2.05. The van der Waals surface area contributed by atoms with Crippen LogP contribution in [0.25, 0.3) is 0 Å². The molecule has 1 nitrogen and oxygen atoms in total. The molecule has 0 aromatic heterocycles. The Morgan fingerprint density at radius 3 is 1.64 bits per heavy atom. The smallest absolute Gasteiger partial charge is 0.157 e. The Balaban J connectivity index is 4.39. The number of carbonyl (C=O) groups excluding carboxylic acids is 1. The second kappa shape index (κ2) is 4.74. The van der Waals surface area contributed by atoms with Crippen LogP contribution in [0.15, 0.2) is 0 Å². The van der Waals surface area contributed by atoms with Gasteiger partial charge < -0.3 is 0 Å². The summed E-state index contributed by atoms with van der Waals surface area (Å²) in [5, 5.41) is -0.218. The number of carbonyl (C=O) groups is 1. The van der Waals surface area contributed by atoms with Crippen molar-refractivity contribution in [2.24, 2.45) is 5.41 Å². The van der Waals surface area contributed by atoms with E-state index in [9.17, 15) is 18.0 Å². The maximum absolute atomic E-state index is 12.0. The van der Waals surface area contributed by atoms with E-state index in [2.05, 4.69) is 15.9 Å². The van der Waals surface area contributed by atoms with Gasteiger partial charge in [-0.2, -0.15) is 0 Å². The lowest BCUT2D eigenvalue weighted by Crippen LogP contribution is -2.38. The number of hydrogen-bond acceptors (Lipinski definition) is 1. The van der Waals surface area contributed by atoms with Crippen molar-refractivity contribution in [2.75, 3.05) is 25.4 Å². The highest BCUT2D eigenvalue weighted by molar-refractivity contribution is 9.09. The molecule has 11 heavy (non-hydrogen) atoms. The third-order valence-corrected chi connectivity index (χ3v) is 1.99. The number of rotatable bonds is 5. The number of alkyl halides is 4. The predicted molar refractivity (Wildman–Crippen MR) is 39.2 cm³/mol. The SMILES string of the molecule is O=C(CBr)C(CF)(CF)CF. The molecule has 0 atom stereocenters. The van der Waals surface area contributed by atoms with Gasteiger partial charge in [0, 0.05) is 0 Å². The van der Waals surface area contributed by atoms with E-state index in [0.717, 1.165) is 0 Å². The number of ketones is 1. The molecular formula is C6H8BrF3O. The highest BCUT2D eigenvalue weighted by Crippen LogP contribution is 2.22. The molecule has 0 aromatic carbocycles. The Bertz CT molecular complexity index is 128. The quantitative estimate of drug-likeness (QED) is 0.662. The Kier molecular flexibility index (Phi) is 4.72. The molecule has 0 saturated heterocycles. The van der Waals surface area contributed by atoms with Crippen LogP contribution in [-0.2, 0) is 4.79 Å². The molecule has 0 fully saturated rings. The number of Topliss-reactive ketones (excluding diaryl/α,β-unsaturated/α-hetero) is 1. The summed E-state index contributed by atoms with van der Waals surface area (Å²) in [6, 6.07) is 0. The molecule has 0 N–H and O–H groups in total. The molecule has 0 aliphatic carbocycles. The van der Waals surface area contributed by atoms with Crippen LogP contribution >= 0.6 is 15.9 Å². The molecule has 0 bridgehead atoms. The molecule has 0 aromatic rings. The van der Waals surface area contributed by atoms with Gasteiger partial charge in [-0.3, -0.25) is 4.79 Å². The minimum atomic E-state index is -2.05. The van der Waals surface area contributed by atoms with Crippen LogP contribution < -0.4 is 0 Å². The zero-order chi connectivity index (χ0) is 8.91. The lowest BCUT2D eigenvalue weighted by Gasteiger charge is -2.20. The van der Waals surface area contributed by atoms with Crippen LogP contribution in [0.2, 0.25) is 0 Å². The van der Waals surface area contributed by atoms with Crippen LogP contribution in [0.3, 0.4) is 0 Å². The normalized spacial score (nSPS) is 11.6. The maximum atomic E-state index is 12.0. The van der Waals surface area contributed by atoms with Crippen LogP contribution in [0.5, 0.6) is 0 Å². The van der Waals surface area contributed by atoms with Gasteiger partial charge in [0.25, 0.3) is 0 Å². The second-order valence-electron chi connectivity index (χ2n) is 2.24. The molecule has 0 aliphatic rings. The molecule has 5 heteroatoms. The average molecular weight is 233 g/mol. The molecule has 0 spiro atoms. The van der Waals surface area contributed by atoms with Crippen molar-refractivity contribution in [1.29, 1.82) is 0 Å². The number of halogens is 4. The first-order valence-corrected chi connectivity index (χ1v) is 4.06. The Hall–Kier alpha value is -0.0600. The minimum absolute atomic E-state index is 0.218. The molecule has 0 radical (unpaired) electrons. The first-order valence-electron chi connectivity index (χ1n) is 2.94. The fourth-order valence-corrected chi connectivity index (χ4v) is 1.07. The van der Waals surface area contributed by atoms with Gasteiger partial charge in [-0.1, -0.05) is 15.9 Å². The van der Waals surface area contributed by atoms with E-state index in [1.807, 2.05) is 0 Å². The molecule has 0 heterocycles. The predicted octanol–water partition coefficient (Wildman–Crippen LogP) is 1.85. The average Bonchev–Trinajstić information content (AvgIpc) is 2.08. The van der Waals surface area contributed by atoms with Gasteiger partial charge in [-0.15, -0.1) is 0 Å². The summed E-state index contributed by atoms with van der Waals surface area (Å²) in [7, 11) is 0. The van der Waals surface area contributed by atoms with E-state index in [1.54, 1.807) is 0 Å². The van der Waals surface area contributed by atoms with E-state index >= 15 is 0 Å². The maximum Gasteiger partial charge on any atom is 0.157 e. The van der Waals surface area contributed by atoms with Gasteiger partial charge in [0.05, 0.1) is 5.33 Å². The fourth-order valence-electron chi connectivity index (χ4n) is 0.472. The molecular weight excluding hydrogens is 225 g/mol. The van der Waals surface area contributed by atoms with E-state index in [0.29, 0.717) is 0 Å². The largest absolute Gasteiger partial charge is 0.298 e. The molecule has 0 aliphatic heterocycles. The van der Waals surface area contributed by atoms with Gasteiger partial charge in [-0.25, -0.2) is 13.2 Å². The second-order valence-corrected chi connectivity index (χ2v) is 2.80. The first kappa shape index (κ1) is 10.9. The Morgan fingerprint density at radius 1 is 1.18 bits per heavy atom. The fraction of sp³-hybridized carbons (Fsp3) is 0.833. The van der Waals surface area contributed by atoms with Gasteiger partial charge in [-0.05, 0) is 0 Å². The molecule has 0 saturated carbocycles. The zero-order valence-electron chi connectivity index (χ0n) is 5.75. The van der Waals surface area contributed by atoms with Crippen LogP contribution in [0.1, 0.15) is 0 Å². The zero-order valence-corrected chi connectivity index (χ0v) is 7.33. The Morgan fingerprint density at radius 2 is 1.55 bits per heavy atom. The summed E-state index contributed by atoms with van der Waals surface area (Å²) in [6.45, 7) is -3.86. The standard InChI is InChI=1S/C6H8BrF3O/c7-1-5(11)6(2-8,3-9)4-10/h1-4H2. The van der Waals surface area contributed by atoms with Gasteiger partial charge in [0.1, 0.15) is 25.4 Å². The molecule has 66 valence electrons. The van der Waals surface area contributed by atoms with Crippen LogP contribution in [0.4, 0.5) is 13.2 Å². The summed E-state index contributed by atoms with van der Waals surface area (Å²) >= 11 is 2.72. The van der Waals surface area contributed by atoms with Crippen molar-refractivity contribution in [2.45, 2.75) is 0 Å². The van der Waals surface area contributed by atoms with E-state index in [1.165, 1.54) is 0 Å². The van der Waals surface area contributed by atoms with Crippen molar-refractivity contribution >= 4 is 21.7 Å². The van der Waals surface area contributed by atoms with Crippen molar-refractivity contribution in [3.63, 3.8) is 0 Å². The monoisotopic (exact) mass is 232 g/mol. The van der Waals surface area contributed by atoms with E-state index in [4.69, 9.17) is 0 Å². The first-order chi connectivity index (χ1) is 5.16. The van der Waals surface area contributed by atoms with Crippen LogP contribution in [-0.4, -0.2) is 31.1 Å². The van der Waals surface area contributed by atoms with Crippen molar-refractivity contribution in [3.8, 4) is 0 Å². The lowest BCUT2D eigenvalue weighted by atomic mass is 9.89. The van der Waals surface area contributed by atoms with Gasteiger partial charge >= 0.3 is 0 Å². The van der Waals surface area contributed by atoms with Gasteiger partial charge in [0.15, 0.2) is 5.78 Å². The molecule has 0 rings (SSSR count). The summed E-state index contributed by atoms with van der Waals surface area (Å²) in [5.74, 6) is -0.773. The molecule has 0 unspecified atom stereocenters. The van der Waals surface area contributed by atoms with E-state index in [-0.39, 0.29) is 5.33 Å². The van der Waals surface area contributed by atoms with Crippen molar-refractivity contribution in [3.05, 3.63) is 0 Å². The third kappa shape index (κ3) is 2.18. The molecule has 0 amide bonds.